The van der Waals surface area contributed by atoms with Gasteiger partial charge in [-0.25, -0.2) is 5.06 Å². The maximum Gasteiger partial charge on any atom is 0.277 e. The topological polar surface area (TPSA) is 102 Å². The number of rotatable bonds is 5. The van der Waals surface area contributed by atoms with Crippen LogP contribution >= 0.6 is 0 Å². The second-order valence-corrected chi connectivity index (χ2v) is 3.40. The third-order valence-electron chi connectivity index (χ3n) is 2.19. The van der Waals surface area contributed by atoms with Crippen LogP contribution in [0.2, 0.25) is 0 Å². The fourth-order valence-electron chi connectivity index (χ4n) is 1.30. The summed E-state index contributed by atoms with van der Waals surface area (Å²) in [7, 11) is 0. The lowest BCUT2D eigenvalue weighted by atomic mass is 10.1. The van der Waals surface area contributed by atoms with Gasteiger partial charge >= 0.3 is 0 Å². The van der Waals surface area contributed by atoms with E-state index in [4.69, 9.17) is 21.4 Å². The number of nitrogens with zero attached hydrogens (tertiary/aromatic N) is 1. The molecule has 0 aromatic heterocycles. The number of hydrogen-bond donors (Lipinski definition) is 3. The first-order chi connectivity index (χ1) is 8.10. The van der Waals surface area contributed by atoms with E-state index in [1.807, 2.05) is 0 Å². The van der Waals surface area contributed by atoms with Crippen LogP contribution in [-0.2, 0) is 4.84 Å². The third kappa shape index (κ3) is 3.33. The Bertz CT molecular complexity index is 396. The summed E-state index contributed by atoms with van der Waals surface area (Å²) in [6.45, 7) is 2.08. The van der Waals surface area contributed by atoms with Crippen LogP contribution in [0.15, 0.2) is 18.2 Å². The zero-order valence-corrected chi connectivity index (χ0v) is 9.72. The van der Waals surface area contributed by atoms with E-state index in [0.29, 0.717) is 23.5 Å². The maximum absolute atomic E-state index is 12.0. The highest BCUT2D eigenvalue weighted by Gasteiger charge is 2.15. The van der Waals surface area contributed by atoms with Gasteiger partial charge in [0.2, 0.25) is 0 Å². The Labute approximate surface area is 99.7 Å². The van der Waals surface area contributed by atoms with Gasteiger partial charge in [0.25, 0.3) is 5.91 Å². The van der Waals surface area contributed by atoms with Crippen LogP contribution in [0.5, 0.6) is 0 Å². The van der Waals surface area contributed by atoms with Crippen LogP contribution in [0, 0.1) is 0 Å². The summed E-state index contributed by atoms with van der Waals surface area (Å²) in [6.07, 6.45) is 0. The van der Waals surface area contributed by atoms with Gasteiger partial charge in [-0.3, -0.25) is 9.63 Å². The lowest BCUT2D eigenvalue weighted by molar-refractivity contribution is -0.128. The number of benzene rings is 1. The van der Waals surface area contributed by atoms with E-state index in [1.165, 1.54) is 11.1 Å². The minimum absolute atomic E-state index is 0.0734. The SMILES string of the molecule is CCN(OCCO)C(=O)c1ccc(N)c(N)c1. The average molecular weight is 239 g/mol. The molecule has 0 aliphatic carbocycles. The molecule has 0 heterocycles. The van der Waals surface area contributed by atoms with Crippen LogP contribution < -0.4 is 11.5 Å². The first-order valence-electron chi connectivity index (χ1n) is 5.30. The van der Waals surface area contributed by atoms with E-state index in [9.17, 15) is 4.79 Å². The minimum atomic E-state index is -0.312. The van der Waals surface area contributed by atoms with Crippen molar-refractivity contribution < 1.29 is 14.7 Å². The van der Waals surface area contributed by atoms with Crippen LogP contribution in [0.1, 0.15) is 17.3 Å². The molecule has 0 aliphatic rings. The molecular formula is C11H17N3O3. The van der Waals surface area contributed by atoms with Gasteiger partial charge in [0.15, 0.2) is 0 Å². The number of carbonyl (C=O) groups is 1. The zero-order valence-electron chi connectivity index (χ0n) is 9.72. The molecule has 0 fully saturated rings. The van der Waals surface area contributed by atoms with Crippen molar-refractivity contribution in [3.63, 3.8) is 0 Å². The average Bonchev–Trinajstić information content (AvgIpc) is 2.33. The number of aliphatic hydroxyl groups excluding tert-OH is 1. The quantitative estimate of drug-likeness (QED) is 0.504. The van der Waals surface area contributed by atoms with Gasteiger partial charge in [0.05, 0.1) is 24.6 Å². The first kappa shape index (κ1) is 13.3. The number of amides is 1. The monoisotopic (exact) mass is 239 g/mol. The number of nitrogens with two attached hydrogens (primary N) is 2. The van der Waals surface area contributed by atoms with Crippen molar-refractivity contribution in [3.05, 3.63) is 23.8 Å². The molecule has 0 atom stereocenters. The highest BCUT2D eigenvalue weighted by molar-refractivity contribution is 5.95. The van der Waals surface area contributed by atoms with E-state index >= 15 is 0 Å². The predicted molar refractivity (Wildman–Crippen MR) is 65.0 cm³/mol. The number of anilines is 2. The lowest BCUT2D eigenvalue weighted by Crippen LogP contribution is -2.32. The smallest absolute Gasteiger partial charge is 0.277 e. The minimum Gasteiger partial charge on any atom is -0.397 e. The fourth-order valence-corrected chi connectivity index (χ4v) is 1.30. The molecule has 1 amide bonds. The normalized spacial score (nSPS) is 10.2. The summed E-state index contributed by atoms with van der Waals surface area (Å²) in [5, 5.41) is 9.81. The maximum atomic E-state index is 12.0. The van der Waals surface area contributed by atoms with Crippen molar-refractivity contribution in [2.24, 2.45) is 0 Å². The molecule has 0 radical (unpaired) electrons. The summed E-state index contributed by atoms with van der Waals surface area (Å²) in [5.41, 5.74) is 12.4. The molecule has 1 aromatic carbocycles. The Morgan fingerprint density at radius 2 is 2.12 bits per heavy atom. The Hall–Kier alpha value is -1.79. The Kier molecular flexibility index (Phi) is 4.74. The summed E-state index contributed by atoms with van der Waals surface area (Å²) < 4.78 is 0. The molecule has 0 saturated carbocycles. The molecule has 5 N–H and O–H groups in total. The number of aliphatic hydroxyl groups is 1. The zero-order chi connectivity index (χ0) is 12.8. The second-order valence-electron chi connectivity index (χ2n) is 3.40. The van der Waals surface area contributed by atoms with Gasteiger partial charge in [-0.2, -0.15) is 0 Å². The number of hydrogen-bond acceptors (Lipinski definition) is 5. The van der Waals surface area contributed by atoms with Crippen molar-refractivity contribution in [1.29, 1.82) is 0 Å². The highest BCUT2D eigenvalue weighted by atomic mass is 16.7. The van der Waals surface area contributed by atoms with Gasteiger partial charge in [-0.05, 0) is 25.1 Å². The molecule has 0 aliphatic heterocycles. The van der Waals surface area contributed by atoms with Crippen molar-refractivity contribution in [1.82, 2.24) is 5.06 Å². The molecule has 17 heavy (non-hydrogen) atoms. The van der Waals surface area contributed by atoms with Crippen molar-refractivity contribution >= 4 is 17.3 Å². The number of hydroxylamine groups is 2. The van der Waals surface area contributed by atoms with E-state index in [0.717, 1.165) is 0 Å². The molecule has 1 aromatic rings. The Morgan fingerprint density at radius 1 is 1.41 bits per heavy atom. The Balaban J connectivity index is 2.82. The van der Waals surface area contributed by atoms with Gasteiger partial charge in [0.1, 0.15) is 0 Å². The number of nitrogen functional groups attached to an aromatic ring is 2. The van der Waals surface area contributed by atoms with Crippen molar-refractivity contribution in [3.8, 4) is 0 Å². The summed E-state index contributed by atoms with van der Waals surface area (Å²) in [4.78, 5) is 17.1. The molecule has 94 valence electrons. The Morgan fingerprint density at radius 3 is 2.65 bits per heavy atom. The molecule has 0 spiro atoms. The molecule has 0 saturated heterocycles. The molecular weight excluding hydrogens is 222 g/mol. The van der Waals surface area contributed by atoms with Gasteiger partial charge in [-0.1, -0.05) is 0 Å². The van der Waals surface area contributed by atoms with E-state index < -0.39 is 0 Å². The highest BCUT2D eigenvalue weighted by Crippen LogP contribution is 2.17. The lowest BCUT2D eigenvalue weighted by Gasteiger charge is -2.19. The van der Waals surface area contributed by atoms with Gasteiger partial charge < -0.3 is 16.6 Å². The molecule has 6 nitrogen and oxygen atoms in total. The van der Waals surface area contributed by atoms with Gasteiger partial charge in [0, 0.05) is 12.1 Å². The van der Waals surface area contributed by atoms with E-state index in [1.54, 1.807) is 19.1 Å². The van der Waals surface area contributed by atoms with Crippen LogP contribution in [0.3, 0.4) is 0 Å². The summed E-state index contributed by atoms with van der Waals surface area (Å²) >= 11 is 0. The van der Waals surface area contributed by atoms with Crippen LogP contribution in [0.4, 0.5) is 11.4 Å². The summed E-state index contributed by atoms with van der Waals surface area (Å²) in [6, 6.07) is 4.66. The summed E-state index contributed by atoms with van der Waals surface area (Å²) in [5.74, 6) is -0.312. The van der Waals surface area contributed by atoms with Crippen LogP contribution in [-0.4, -0.2) is 35.8 Å². The van der Waals surface area contributed by atoms with E-state index in [2.05, 4.69) is 0 Å². The van der Waals surface area contributed by atoms with E-state index in [-0.39, 0.29) is 19.1 Å². The van der Waals surface area contributed by atoms with Crippen LogP contribution in [0.25, 0.3) is 0 Å². The molecule has 0 unspecified atom stereocenters. The third-order valence-corrected chi connectivity index (χ3v) is 2.19. The second kappa shape index (κ2) is 6.07. The molecule has 1 rings (SSSR count). The van der Waals surface area contributed by atoms with Gasteiger partial charge in [-0.15, -0.1) is 0 Å². The number of carbonyl (C=O) groups excluding carboxylic acids is 1. The fraction of sp³-hybridized carbons (Fsp3) is 0.364. The first-order valence-corrected chi connectivity index (χ1v) is 5.30. The van der Waals surface area contributed by atoms with Crippen molar-refractivity contribution in [2.75, 3.05) is 31.2 Å². The largest absolute Gasteiger partial charge is 0.397 e. The predicted octanol–water partition coefficient (Wildman–Crippen LogP) is 0.237. The molecule has 6 heteroatoms. The molecule has 0 bridgehead atoms. The standard InChI is InChI=1S/C11H17N3O3/c1-2-14(17-6-5-15)11(16)8-3-4-9(12)10(13)7-8/h3-4,7,15H,2,5-6,12-13H2,1H3. The van der Waals surface area contributed by atoms with Crippen molar-refractivity contribution in [2.45, 2.75) is 6.92 Å².